The molecule has 4 atom stereocenters. The number of ether oxygens (including phenoxy) is 3. The van der Waals surface area contributed by atoms with Gasteiger partial charge in [0.15, 0.2) is 17.3 Å². The second-order valence-corrected chi connectivity index (χ2v) is 9.46. The number of methoxy groups -OCH3 is 3. The number of benzene rings is 3. The molecule has 38 heavy (non-hydrogen) atoms. The van der Waals surface area contributed by atoms with Crippen LogP contribution < -0.4 is 24.0 Å². The van der Waals surface area contributed by atoms with Gasteiger partial charge in [-0.3, -0.25) is 14.4 Å². The van der Waals surface area contributed by atoms with E-state index in [-0.39, 0.29) is 17.6 Å². The Labute approximate surface area is 220 Å². The van der Waals surface area contributed by atoms with E-state index >= 15 is 0 Å². The predicted molar refractivity (Wildman–Crippen MR) is 142 cm³/mol. The van der Waals surface area contributed by atoms with Crippen molar-refractivity contribution in [2.75, 3.05) is 31.1 Å². The molecule has 0 spiro atoms. The Morgan fingerprint density at radius 3 is 2.21 bits per heavy atom. The van der Waals surface area contributed by atoms with Gasteiger partial charge < -0.3 is 19.1 Å². The van der Waals surface area contributed by atoms with E-state index in [1.165, 1.54) is 19.1 Å². The number of hydrogen-bond donors (Lipinski definition) is 0. The highest BCUT2D eigenvalue weighted by molar-refractivity contribution is 6.25. The number of fused-ring (bicyclic) bond motifs is 5. The number of Topliss-reactive ketones (excluding diaryl/α,β-unsaturated/α-hetero) is 1. The number of imide groups is 1. The molecule has 2 fully saturated rings. The molecule has 8 heteroatoms. The van der Waals surface area contributed by atoms with Crippen LogP contribution in [0.2, 0.25) is 0 Å². The summed E-state index contributed by atoms with van der Waals surface area (Å²) in [5.41, 5.74) is 2.59. The highest BCUT2D eigenvalue weighted by atomic mass is 16.5. The maximum Gasteiger partial charge on any atom is 0.240 e. The van der Waals surface area contributed by atoms with E-state index in [0.717, 1.165) is 11.3 Å². The Morgan fingerprint density at radius 2 is 1.50 bits per heavy atom. The average molecular weight is 511 g/mol. The molecule has 0 aliphatic carbocycles. The Balaban J connectivity index is 1.47. The molecule has 0 unspecified atom stereocenters. The molecule has 192 valence electrons. The van der Waals surface area contributed by atoms with Crippen molar-refractivity contribution in [1.82, 2.24) is 0 Å². The van der Waals surface area contributed by atoms with E-state index in [1.807, 2.05) is 41.3 Å². The SMILES string of the molecule is COc1ccc(N2C(=O)[C@@H]3[C@H](C2=O)[C@@H]2C=Cc4ccccc4N2[C@@H]3C(=O)c2ccc(OC)c(OC)c2)cc1. The van der Waals surface area contributed by atoms with Gasteiger partial charge in [-0.1, -0.05) is 30.4 Å². The summed E-state index contributed by atoms with van der Waals surface area (Å²) in [6, 6.07) is 18.1. The highest BCUT2D eigenvalue weighted by Crippen LogP contribution is 2.50. The molecule has 8 nitrogen and oxygen atoms in total. The van der Waals surface area contributed by atoms with Crippen LogP contribution in [0.4, 0.5) is 11.4 Å². The third-order valence-electron chi connectivity index (χ3n) is 7.68. The number of anilines is 2. The fourth-order valence-electron chi connectivity index (χ4n) is 5.96. The van der Waals surface area contributed by atoms with Gasteiger partial charge in [0.05, 0.1) is 44.9 Å². The maximum atomic E-state index is 14.2. The van der Waals surface area contributed by atoms with Crippen LogP contribution in [-0.4, -0.2) is 51.0 Å². The topological polar surface area (TPSA) is 85.4 Å². The molecule has 0 aromatic heterocycles. The summed E-state index contributed by atoms with van der Waals surface area (Å²) in [4.78, 5) is 45.3. The number of nitrogens with zero attached hydrogens (tertiary/aromatic N) is 2. The average Bonchev–Trinajstić information content (AvgIpc) is 3.44. The van der Waals surface area contributed by atoms with Crippen molar-refractivity contribution in [3.8, 4) is 17.2 Å². The van der Waals surface area contributed by atoms with Crippen LogP contribution in [0.5, 0.6) is 17.2 Å². The van der Waals surface area contributed by atoms with Crippen LogP contribution in [0.25, 0.3) is 6.08 Å². The second-order valence-electron chi connectivity index (χ2n) is 9.46. The van der Waals surface area contributed by atoms with Crippen LogP contribution in [0.3, 0.4) is 0 Å². The third kappa shape index (κ3) is 3.40. The first-order valence-electron chi connectivity index (χ1n) is 12.3. The van der Waals surface area contributed by atoms with Crippen molar-refractivity contribution in [3.05, 3.63) is 83.9 Å². The van der Waals surface area contributed by atoms with E-state index in [9.17, 15) is 14.4 Å². The third-order valence-corrected chi connectivity index (χ3v) is 7.68. The van der Waals surface area contributed by atoms with Gasteiger partial charge in [-0.05, 0) is 54.1 Å². The molecule has 3 aliphatic heterocycles. The zero-order valence-electron chi connectivity index (χ0n) is 21.2. The molecule has 0 saturated carbocycles. The molecule has 0 radical (unpaired) electrons. The normalized spacial score (nSPS) is 23.1. The highest BCUT2D eigenvalue weighted by Gasteiger charge is 2.64. The molecular weight excluding hydrogens is 484 g/mol. The van der Waals surface area contributed by atoms with E-state index in [2.05, 4.69) is 0 Å². The number of hydrogen-bond acceptors (Lipinski definition) is 7. The minimum Gasteiger partial charge on any atom is -0.497 e. The lowest BCUT2D eigenvalue weighted by Crippen LogP contribution is -2.48. The van der Waals surface area contributed by atoms with Gasteiger partial charge in [0.2, 0.25) is 11.8 Å². The molecule has 0 bridgehead atoms. The van der Waals surface area contributed by atoms with Crippen molar-refractivity contribution in [2.24, 2.45) is 11.8 Å². The van der Waals surface area contributed by atoms with E-state index in [0.29, 0.717) is 28.5 Å². The number of ketones is 1. The zero-order chi connectivity index (χ0) is 26.6. The van der Waals surface area contributed by atoms with Crippen LogP contribution in [-0.2, 0) is 9.59 Å². The Kier molecular flexibility index (Phi) is 5.67. The van der Waals surface area contributed by atoms with Crippen molar-refractivity contribution >= 4 is 35.0 Å². The van der Waals surface area contributed by atoms with Gasteiger partial charge in [0, 0.05) is 11.3 Å². The standard InChI is InChI=1S/C30H26N2O6/c1-36-20-12-10-19(11-13-20)31-29(34)25-22-14-8-17-6-4-5-7-21(17)32(22)27(26(25)30(31)35)28(33)18-9-15-23(37-2)24(16-18)38-3/h4-16,22,25-27H,1-3H3/t22-,25+,26+,27-/m0/s1. The first-order chi connectivity index (χ1) is 18.5. The summed E-state index contributed by atoms with van der Waals surface area (Å²) in [5.74, 6) is -0.989. The smallest absolute Gasteiger partial charge is 0.240 e. The van der Waals surface area contributed by atoms with E-state index < -0.39 is 23.9 Å². The molecule has 3 aliphatic rings. The first kappa shape index (κ1) is 23.8. The van der Waals surface area contributed by atoms with Crippen molar-refractivity contribution in [3.63, 3.8) is 0 Å². The van der Waals surface area contributed by atoms with Crippen molar-refractivity contribution < 1.29 is 28.6 Å². The quantitative estimate of drug-likeness (QED) is 0.366. The van der Waals surface area contributed by atoms with Gasteiger partial charge in [0.1, 0.15) is 11.8 Å². The number of rotatable bonds is 6. The molecule has 3 aromatic carbocycles. The molecule has 2 amide bonds. The van der Waals surface area contributed by atoms with Crippen molar-refractivity contribution in [2.45, 2.75) is 12.1 Å². The number of amides is 2. The summed E-state index contributed by atoms with van der Waals surface area (Å²) >= 11 is 0. The molecule has 3 heterocycles. The number of para-hydroxylation sites is 1. The van der Waals surface area contributed by atoms with Gasteiger partial charge in [-0.15, -0.1) is 0 Å². The Bertz CT molecular complexity index is 1480. The van der Waals surface area contributed by atoms with Crippen LogP contribution in [0, 0.1) is 11.8 Å². The molecule has 0 N–H and O–H groups in total. The Hall–Kier alpha value is -4.59. The monoisotopic (exact) mass is 510 g/mol. The predicted octanol–water partition coefficient (Wildman–Crippen LogP) is 3.99. The van der Waals surface area contributed by atoms with Crippen molar-refractivity contribution in [1.29, 1.82) is 0 Å². The molecular formula is C30H26N2O6. The lowest BCUT2D eigenvalue weighted by molar-refractivity contribution is -0.122. The van der Waals surface area contributed by atoms with Crippen LogP contribution in [0.15, 0.2) is 72.8 Å². The lowest BCUT2D eigenvalue weighted by atomic mass is 9.86. The van der Waals surface area contributed by atoms with Crippen LogP contribution in [0.1, 0.15) is 15.9 Å². The minimum atomic E-state index is -0.881. The van der Waals surface area contributed by atoms with Gasteiger partial charge >= 0.3 is 0 Å². The minimum absolute atomic E-state index is 0.258. The maximum absolute atomic E-state index is 14.2. The van der Waals surface area contributed by atoms with E-state index in [1.54, 1.807) is 49.6 Å². The van der Waals surface area contributed by atoms with Crippen LogP contribution >= 0.6 is 0 Å². The molecule has 2 saturated heterocycles. The lowest BCUT2D eigenvalue weighted by Gasteiger charge is -2.36. The second kappa shape index (κ2) is 9.06. The van der Waals surface area contributed by atoms with E-state index in [4.69, 9.17) is 14.2 Å². The molecule has 3 aromatic rings. The zero-order valence-corrected chi connectivity index (χ0v) is 21.2. The summed E-state index contributed by atoms with van der Waals surface area (Å²) in [6.45, 7) is 0. The summed E-state index contributed by atoms with van der Waals surface area (Å²) in [6.07, 6.45) is 3.90. The van der Waals surface area contributed by atoms with Gasteiger partial charge in [0.25, 0.3) is 0 Å². The Morgan fingerprint density at radius 1 is 0.789 bits per heavy atom. The molecule has 6 rings (SSSR count). The number of carbonyl (C=O) groups excluding carboxylic acids is 3. The first-order valence-corrected chi connectivity index (χ1v) is 12.3. The summed E-state index contributed by atoms with van der Waals surface area (Å²) in [5, 5.41) is 0. The fraction of sp³-hybridized carbons (Fsp3) is 0.233. The fourth-order valence-corrected chi connectivity index (χ4v) is 5.96. The number of carbonyl (C=O) groups is 3. The van der Waals surface area contributed by atoms with Gasteiger partial charge in [-0.25, -0.2) is 4.90 Å². The van der Waals surface area contributed by atoms with Gasteiger partial charge in [-0.2, -0.15) is 0 Å². The largest absolute Gasteiger partial charge is 0.497 e. The summed E-state index contributed by atoms with van der Waals surface area (Å²) in [7, 11) is 4.59. The summed E-state index contributed by atoms with van der Waals surface area (Å²) < 4.78 is 16.0.